The molecule has 0 aromatic heterocycles. The highest BCUT2D eigenvalue weighted by atomic mass is 16.5. The number of benzene rings is 2. The molecule has 0 aliphatic heterocycles. The number of nitrogens with one attached hydrogen (secondary N) is 1. The lowest BCUT2D eigenvalue weighted by atomic mass is 10.1. The molecule has 2 aromatic carbocycles. The average Bonchev–Trinajstić information content (AvgIpc) is 2.41. The third kappa shape index (κ3) is 3.10. The molecule has 0 unspecified atom stereocenters. The Morgan fingerprint density at radius 1 is 1.21 bits per heavy atom. The molecule has 0 fully saturated rings. The summed E-state index contributed by atoms with van der Waals surface area (Å²) in [4.78, 5) is 0. The van der Waals surface area contributed by atoms with Crippen molar-refractivity contribution in [2.75, 3.05) is 18.2 Å². The number of aromatic hydroxyl groups is 1. The number of rotatable bonds is 4. The van der Waals surface area contributed by atoms with Crippen molar-refractivity contribution in [1.82, 2.24) is 0 Å². The predicted octanol–water partition coefficient (Wildman–Crippen LogP) is 2.90. The highest BCUT2D eigenvalue weighted by molar-refractivity contribution is 5.56. The van der Waals surface area contributed by atoms with Gasteiger partial charge in [0.25, 0.3) is 0 Å². The summed E-state index contributed by atoms with van der Waals surface area (Å²) in [6.07, 6.45) is 0. The molecule has 0 heterocycles. The average molecular weight is 258 g/mol. The Balaban J connectivity index is 2.16. The minimum atomic E-state index is 0.238. The number of phenolic OH excluding ortho intramolecular Hbond substituents is 1. The normalized spacial score (nSPS) is 10.2. The van der Waals surface area contributed by atoms with E-state index in [-0.39, 0.29) is 5.75 Å². The number of aryl methyl sites for hydroxylation is 1. The van der Waals surface area contributed by atoms with Crippen molar-refractivity contribution in [3.05, 3.63) is 47.5 Å². The molecule has 100 valence electrons. The van der Waals surface area contributed by atoms with Crippen LogP contribution in [0.4, 0.5) is 11.4 Å². The van der Waals surface area contributed by atoms with Gasteiger partial charge in [-0.1, -0.05) is 6.07 Å². The quantitative estimate of drug-likeness (QED) is 0.582. The molecule has 0 saturated carbocycles. The second kappa shape index (κ2) is 5.52. The fourth-order valence-corrected chi connectivity index (χ4v) is 1.86. The molecule has 4 nitrogen and oxygen atoms in total. The van der Waals surface area contributed by atoms with E-state index in [9.17, 15) is 5.11 Å². The van der Waals surface area contributed by atoms with E-state index in [1.807, 2.05) is 25.1 Å². The van der Waals surface area contributed by atoms with Gasteiger partial charge in [0, 0.05) is 29.5 Å². The van der Waals surface area contributed by atoms with Crippen LogP contribution < -0.4 is 15.8 Å². The van der Waals surface area contributed by atoms with Crippen LogP contribution in [0.1, 0.15) is 11.1 Å². The monoisotopic (exact) mass is 258 g/mol. The molecule has 0 radical (unpaired) electrons. The highest BCUT2D eigenvalue weighted by Gasteiger charge is 2.04. The zero-order chi connectivity index (χ0) is 13.8. The Kier molecular flexibility index (Phi) is 3.80. The van der Waals surface area contributed by atoms with Crippen LogP contribution in [0.2, 0.25) is 0 Å². The van der Waals surface area contributed by atoms with Gasteiger partial charge in [-0.3, -0.25) is 0 Å². The fraction of sp³-hybridized carbons (Fsp3) is 0.200. The Labute approximate surface area is 112 Å². The van der Waals surface area contributed by atoms with Gasteiger partial charge < -0.3 is 20.9 Å². The van der Waals surface area contributed by atoms with Crippen molar-refractivity contribution >= 4 is 11.4 Å². The van der Waals surface area contributed by atoms with Crippen LogP contribution in [0.3, 0.4) is 0 Å². The third-order valence-electron chi connectivity index (χ3n) is 3.02. The zero-order valence-corrected chi connectivity index (χ0v) is 11.1. The maximum absolute atomic E-state index is 9.76. The molecule has 2 aromatic rings. The first kappa shape index (κ1) is 13.1. The molecular weight excluding hydrogens is 240 g/mol. The van der Waals surface area contributed by atoms with Crippen molar-refractivity contribution in [2.24, 2.45) is 0 Å². The van der Waals surface area contributed by atoms with Crippen molar-refractivity contribution < 1.29 is 9.84 Å². The van der Waals surface area contributed by atoms with Crippen molar-refractivity contribution in [1.29, 1.82) is 0 Å². The number of ether oxygens (including phenoxy) is 1. The third-order valence-corrected chi connectivity index (χ3v) is 3.02. The summed E-state index contributed by atoms with van der Waals surface area (Å²) in [6, 6.07) is 10.9. The van der Waals surface area contributed by atoms with E-state index in [2.05, 4.69) is 5.32 Å². The minimum Gasteiger partial charge on any atom is -0.508 e. The molecule has 4 N–H and O–H groups in total. The van der Waals surface area contributed by atoms with E-state index in [1.165, 1.54) is 0 Å². The maximum Gasteiger partial charge on any atom is 0.120 e. The van der Waals surface area contributed by atoms with Crippen LogP contribution in [0.15, 0.2) is 36.4 Å². The van der Waals surface area contributed by atoms with Crippen molar-refractivity contribution in [3.63, 3.8) is 0 Å². The van der Waals surface area contributed by atoms with Gasteiger partial charge in [-0.15, -0.1) is 0 Å². The first-order chi connectivity index (χ1) is 9.10. The number of phenols is 1. The van der Waals surface area contributed by atoms with Crippen LogP contribution in [0.5, 0.6) is 11.5 Å². The van der Waals surface area contributed by atoms with Crippen molar-refractivity contribution in [3.8, 4) is 11.5 Å². The number of nitrogen functional groups attached to an aromatic ring is 1. The van der Waals surface area contributed by atoms with Gasteiger partial charge in [-0.05, 0) is 36.8 Å². The predicted molar refractivity (Wildman–Crippen MR) is 77.6 cm³/mol. The second-order valence-electron chi connectivity index (χ2n) is 4.42. The second-order valence-corrected chi connectivity index (χ2v) is 4.42. The molecule has 0 amide bonds. The topological polar surface area (TPSA) is 67.5 Å². The maximum atomic E-state index is 9.76. The van der Waals surface area contributed by atoms with E-state index < -0.39 is 0 Å². The molecule has 2 rings (SSSR count). The number of methoxy groups -OCH3 is 1. The van der Waals surface area contributed by atoms with Crippen LogP contribution in [0.25, 0.3) is 0 Å². The van der Waals surface area contributed by atoms with Gasteiger partial charge in [0.05, 0.1) is 7.11 Å². The molecule has 0 bridgehead atoms. The summed E-state index contributed by atoms with van der Waals surface area (Å²) in [5.74, 6) is 1.03. The van der Waals surface area contributed by atoms with Crippen LogP contribution >= 0.6 is 0 Å². The van der Waals surface area contributed by atoms with Crippen LogP contribution in [-0.4, -0.2) is 12.2 Å². The molecule has 0 aliphatic carbocycles. The zero-order valence-electron chi connectivity index (χ0n) is 11.1. The van der Waals surface area contributed by atoms with Gasteiger partial charge >= 0.3 is 0 Å². The SMILES string of the molecule is COc1ccc(C)c(NCc2cc(N)ccc2O)c1. The Hall–Kier alpha value is -2.36. The van der Waals surface area contributed by atoms with E-state index in [0.717, 1.165) is 22.6 Å². The molecule has 0 aliphatic rings. The molecule has 19 heavy (non-hydrogen) atoms. The molecule has 0 atom stereocenters. The van der Waals surface area contributed by atoms with E-state index in [4.69, 9.17) is 10.5 Å². The summed E-state index contributed by atoms with van der Waals surface area (Å²) in [5.41, 5.74) is 9.20. The molecule has 0 saturated heterocycles. The summed E-state index contributed by atoms with van der Waals surface area (Å²) < 4.78 is 5.20. The largest absolute Gasteiger partial charge is 0.508 e. The van der Waals surface area contributed by atoms with Crippen LogP contribution in [-0.2, 0) is 6.54 Å². The first-order valence-electron chi connectivity index (χ1n) is 6.06. The number of hydrogen-bond donors (Lipinski definition) is 3. The van der Waals surface area contributed by atoms with Gasteiger partial charge in [0.1, 0.15) is 11.5 Å². The molecule has 0 spiro atoms. The Morgan fingerprint density at radius 2 is 2.00 bits per heavy atom. The van der Waals surface area contributed by atoms with Gasteiger partial charge in [0.15, 0.2) is 0 Å². The first-order valence-corrected chi connectivity index (χ1v) is 6.06. The van der Waals surface area contributed by atoms with Gasteiger partial charge in [0.2, 0.25) is 0 Å². The van der Waals surface area contributed by atoms with Crippen LogP contribution in [0, 0.1) is 6.92 Å². The molecular formula is C15H18N2O2. The number of anilines is 2. The lowest BCUT2D eigenvalue weighted by Crippen LogP contribution is -2.02. The van der Waals surface area contributed by atoms with Gasteiger partial charge in [-0.2, -0.15) is 0 Å². The summed E-state index contributed by atoms with van der Waals surface area (Å²) in [5, 5.41) is 13.0. The molecule has 4 heteroatoms. The Morgan fingerprint density at radius 3 is 2.74 bits per heavy atom. The highest BCUT2D eigenvalue weighted by Crippen LogP contribution is 2.25. The van der Waals surface area contributed by atoms with Crippen molar-refractivity contribution in [2.45, 2.75) is 13.5 Å². The summed E-state index contributed by atoms with van der Waals surface area (Å²) >= 11 is 0. The van der Waals surface area contributed by atoms with E-state index in [1.54, 1.807) is 25.3 Å². The van der Waals surface area contributed by atoms with Gasteiger partial charge in [-0.25, -0.2) is 0 Å². The lowest BCUT2D eigenvalue weighted by molar-refractivity contribution is 0.415. The number of hydrogen-bond acceptors (Lipinski definition) is 4. The number of nitrogens with two attached hydrogens (primary N) is 1. The minimum absolute atomic E-state index is 0.238. The lowest BCUT2D eigenvalue weighted by Gasteiger charge is -2.12. The smallest absolute Gasteiger partial charge is 0.120 e. The van der Waals surface area contributed by atoms with E-state index >= 15 is 0 Å². The van der Waals surface area contributed by atoms with E-state index in [0.29, 0.717) is 12.2 Å². The Bertz CT molecular complexity index is 582. The summed E-state index contributed by atoms with van der Waals surface area (Å²) in [6.45, 7) is 2.52. The summed E-state index contributed by atoms with van der Waals surface area (Å²) in [7, 11) is 1.64. The fourth-order valence-electron chi connectivity index (χ4n) is 1.86. The standard InChI is InChI=1S/C15H18N2O2/c1-10-3-5-13(19-2)8-14(10)17-9-11-7-12(16)4-6-15(11)18/h3-8,17-18H,9,16H2,1-2H3.